The van der Waals surface area contributed by atoms with E-state index in [4.69, 9.17) is 14.2 Å². The van der Waals surface area contributed by atoms with Crippen LogP contribution in [-0.4, -0.2) is 59.1 Å². The first-order valence-corrected chi connectivity index (χ1v) is 7.55. The summed E-state index contributed by atoms with van der Waals surface area (Å²) in [6.07, 6.45) is 0.416. The van der Waals surface area contributed by atoms with Crippen molar-refractivity contribution in [2.45, 2.75) is 12.5 Å². The van der Waals surface area contributed by atoms with Gasteiger partial charge in [-0.3, -0.25) is 9.29 Å². The molecule has 1 N–H and O–H groups in total. The maximum absolute atomic E-state index is 13.2. The number of hydrogen-bond acceptors (Lipinski definition) is 5. The van der Waals surface area contributed by atoms with Gasteiger partial charge in [0.15, 0.2) is 0 Å². The van der Waals surface area contributed by atoms with Crippen molar-refractivity contribution in [1.82, 2.24) is 10.2 Å². The molecule has 5 nitrogen and oxygen atoms in total. The summed E-state index contributed by atoms with van der Waals surface area (Å²) in [5.74, 6) is 2.01. The molecule has 7 heteroatoms. The van der Waals surface area contributed by atoms with Gasteiger partial charge in [0.2, 0.25) is 0 Å². The average Bonchev–Trinajstić information content (AvgIpc) is 2.59. The Hall–Kier alpha value is -1.24. The molecule has 132 valence electrons. The highest BCUT2D eigenvalue weighted by Gasteiger charge is 2.28. The summed E-state index contributed by atoms with van der Waals surface area (Å²) in [5, 5.41) is 3.32. The van der Waals surface area contributed by atoms with Crippen molar-refractivity contribution in [2.24, 2.45) is 0 Å². The summed E-state index contributed by atoms with van der Waals surface area (Å²) in [7, 11) is 4.83. The Kier molecular flexibility index (Phi) is 8.44. The van der Waals surface area contributed by atoms with E-state index in [1.165, 1.54) is 0 Å². The molecule has 0 bridgehead atoms. The normalized spacial score (nSPS) is 16.3. The quantitative estimate of drug-likeness (QED) is 0.820. The maximum atomic E-state index is 13.2. The Morgan fingerprint density at radius 2 is 1.65 bits per heavy atom. The number of ether oxygens (including phenoxy) is 3. The summed E-state index contributed by atoms with van der Waals surface area (Å²) in [4.78, 5) is 2.28. The molecule has 0 amide bonds. The van der Waals surface area contributed by atoms with Gasteiger partial charge in [0.05, 0.1) is 33.6 Å². The third-order valence-corrected chi connectivity index (χ3v) is 4.06. The molecule has 23 heavy (non-hydrogen) atoms. The van der Waals surface area contributed by atoms with E-state index < -0.39 is 0 Å². The molecule has 1 saturated heterocycles. The first-order valence-electron chi connectivity index (χ1n) is 7.55. The van der Waals surface area contributed by atoms with Crippen LogP contribution in [-0.2, 0) is 0 Å². The van der Waals surface area contributed by atoms with Gasteiger partial charge in [-0.05, 0) is 6.42 Å². The second-order valence-corrected chi connectivity index (χ2v) is 5.23. The van der Waals surface area contributed by atoms with E-state index in [0.29, 0.717) is 23.7 Å². The average molecular weight is 349 g/mol. The molecule has 1 heterocycles. The molecule has 1 fully saturated rings. The highest BCUT2D eigenvalue weighted by Crippen LogP contribution is 2.42. The van der Waals surface area contributed by atoms with Crippen molar-refractivity contribution in [3.8, 4) is 17.2 Å². The standard InChI is InChI=1S/C16H25FN2O3.ClH/c1-20-12-10-14(21-2)16(15(11-12)22-3)13(4-5-17)19-8-6-18-7-9-19;/h10-11,13,18H,4-9H2,1-3H3;1H/t13-;/m1./s1. The minimum atomic E-state index is -0.382. The zero-order valence-electron chi connectivity index (χ0n) is 13.9. The molecule has 0 aromatic heterocycles. The molecule has 1 aromatic carbocycles. The van der Waals surface area contributed by atoms with E-state index in [-0.39, 0.29) is 25.1 Å². The van der Waals surface area contributed by atoms with Gasteiger partial charge in [0.1, 0.15) is 17.2 Å². The van der Waals surface area contributed by atoms with Crippen molar-refractivity contribution < 1.29 is 18.6 Å². The molecule has 2 rings (SSSR count). The predicted octanol–water partition coefficient (Wildman–Crippen LogP) is 2.44. The van der Waals surface area contributed by atoms with E-state index in [0.717, 1.165) is 31.7 Å². The molecule has 0 saturated carbocycles. The van der Waals surface area contributed by atoms with Crippen LogP contribution in [0, 0.1) is 0 Å². The zero-order valence-corrected chi connectivity index (χ0v) is 14.7. The second-order valence-electron chi connectivity index (χ2n) is 5.23. The van der Waals surface area contributed by atoms with Crippen LogP contribution in [0.2, 0.25) is 0 Å². The Morgan fingerprint density at radius 3 is 2.09 bits per heavy atom. The summed E-state index contributed by atoms with van der Waals surface area (Å²) in [5.41, 5.74) is 0.894. The fourth-order valence-corrected chi connectivity index (χ4v) is 2.97. The lowest BCUT2D eigenvalue weighted by atomic mass is 9.99. The number of piperazine rings is 1. The first-order chi connectivity index (χ1) is 10.7. The SMILES string of the molecule is COc1cc(OC)c([C@@H](CCF)N2CCNCC2)c(OC)c1.Cl. The summed E-state index contributed by atoms with van der Waals surface area (Å²) in [6.45, 7) is 3.19. The van der Waals surface area contributed by atoms with E-state index in [1.54, 1.807) is 21.3 Å². The molecule has 0 unspecified atom stereocenters. The largest absolute Gasteiger partial charge is 0.496 e. The molecular formula is C16H26ClFN2O3. The highest BCUT2D eigenvalue weighted by molar-refractivity contribution is 5.85. The number of halogens is 2. The minimum absolute atomic E-state index is 0. The van der Waals surface area contributed by atoms with Crippen LogP contribution < -0.4 is 19.5 Å². The monoisotopic (exact) mass is 348 g/mol. The number of nitrogens with one attached hydrogen (secondary N) is 1. The second kappa shape index (κ2) is 9.80. The Morgan fingerprint density at radius 1 is 1.09 bits per heavy atom. The number of hydrogen-bond donors (Lipinski definition) is 1. The van der Waals surface area contributed by atoms with E-state index >= 15 is 0 Å². The first kappa shape index (κ1) is 19.8. The van der Waals surface area contributed by atoms with Gasteiger partial charge in [0, 0.05) is 44.4 Å². The molecule has 0 spiro atoms. The lowest BCUT2D eigenvalue weighted by Crippen LogP contribution is -2.45. The van der Waals surface area contributed by atoms with E-state index in [2.05, 4.69) is 10.2 Å². The van der Waals surface area contributed by atoms with Gasteiger partial charge in [-0.1, -0.05) is 0 Å². The Bertz CT molecular complexity index is 459. The van der Waals surface area contributed by atoms with Crippen molar-refractivity contribution in [2.75, 3.05) is 54.2 Å². The minimum Gasteiger partial charge on any atom is -0.496 e. The van der Waals surface area contributed by atoms with Crippen LogP contribution in [0.3, 0.4) is 0 Å². The van der Waals surface area contributed by atoms with Crippen molar-refractivity contribution in [3.05, 3.63) is 17.7 Å². The highest BCUT2D eigenvalue weighted by atomic mass is 35.5. The Labute approximate surface area is 143 Å². The topological polar surface area (TPSA) is 43.0 Å². The van der Waals surface area contributed by atoms with Gasteiger partial charge < -0.3 is 19.5 Å². The molecular weight excluding hydrogens is 323 g/mol. The molecule has 1 aliphatic heterocycles. The fraction of sp³-hybridized carbons (Fsp3) is 0.625. The van der Waals surface area contributed by atoms with E-state index in [1.807, 2.05) is 12.1 Å². The van der Waals surface area contributed by atoms with E-state index in [9.17, 15) is 4.39 Å². The van der Waals surface area contributed by atoms with Crippen LogP contribution >= 0.6 is 12.4 Å². The van der Waals surface area contributed by atoms with Gasteiger partial charge >= 0.3 is 0 Å². The number of benzene rings is 1. The maximum Gasteiger partial charge on any atom is 0.131 e. The molecule has 1 aliphatic rings. The van der Waals surface area contributed by atoms with Gasteiger partial charge in [-0.15, -0.1) is 12.4 Å². The number of rotatable bonds is 7. The Balaban J connectivity index is 0.00000264. The van der Waals surface area contributed by atoms with Crippen LogP contribution in [0.5, 0.6) is 17.2 Å². The molecule has 1 aromatic rings. The molecule has 1 atom stereocenters. The smallest absolute Gasteiger partial charge is 0.131 e. The zero-order chi connectivity index (χ0) is 15.9. The van der Waals surface area contributed by atoms with Crippen LogP contribution in [0.1, 0.15) is 18.0 Å². The summed E-state index contributed by atoms with van der Waals surface area (Å²) >= 11 is 0. The predicted molar refractivity (Wildman–Crippen MR) is 91.1 cm³/mol. The molecule has 0 aliphatic carbocycles. The van der Waals surface area contributed by atoms with Crippen molar-refractivity contribution in [1.29, 1.82) is 0 Å². The van der Waals surface area contributed by atoms with Gasteiger partial charge in [-0.2, -0.15) is 0 Å². The summed E-state index contributed by atoms with van der Waals surface area (Å²) in [6, 6.07) is 3.58. The van der Waals surface area contributed by atoms with Crippen LogP contribution in [0.25, 0.3) is 0 Å². The van der Waals surface area contributed by atoms with Crippen LogP contribution in [0.4, 0.5) is 4.39 Å². The number of alkyl halides is 1. The van der Waals surface area contributed by atoms with Crippen LogP contribution in [0.15, 0.2) is 12.1 Å². The van der Waals surface area contributed by atoms with Gasteiger partial charge in [0.25, 0.3) is 0 Å². The third-order valence-electron chi connectivity index (χ3n) is 4.06. The van der Waals surface area contributed by atoms with Crippen molar-refractivity contribution >= 4 is 12.4 Å². The lowest BCUT2D eigenvalue weighted by molar-refractivity contribution is 0.152. The lowest BCUT2D eigenvalue weighted by Gasteiger charge is -2.36. The summed E-state index contributed by atoms with van der Waals surface area (Å²) < 4.78 is 29.5. The number of nitrogens with zero attached hydrogens (tertiary/aromatic N) is 1. The fourth-order valence-electron chi connectivity index (χ4n) is 2.97. The third kappa shape index (κ3) is 4.62. The number of methoxy groups -OCH3 is 3. The van der Waals surface area contributed by atoms with Crippen molar-refractivity contribution in [3.63, 3.8) is 0 Å². The molecule has 0 radical (unpaired) electrons. The van der Waals surface area contributed by atoms with Gasteiger partial charge in [-0.25, -0.2) is 0 Å².